The zero-order valence-corrected chi connectivity index (χ0v) is 13.0. The number of hydrazine groups is 1. The van der Waals surface area contributed by atoms with Crippen LogP contribution in [0.1, 0.15) is 24.8 Å². The lowest BCUT2D eigenvalue weighted by Crippen LogP contribution is -2.34. The number of hydrogen-bond acceptors (Lipinski definition) is 5. The van der Waals surface area contributed by atoms with Crippen LogP contribution in [0.4, 0.5) is 0 Å². The molecule has 0 fully saturated rings. The van der Waals surface area contributed by atoms with Crippen LogP contribution < -0.4 is 17.0 Å². The van der Waals surface area contributed by atoms with E-state index >= 15 is 0 Å². The first-order chi connectivity index (χ1) is 11.0. The number of Topliss-reactive ketones (excluding diaryl/α,β-unsaturated/α-hetero) is 1. The number of aliphatic carboxylic acids is 1. The van der Waals surface area contributed by atoms with Gasteiger partial charge in [0.25, 0.3) is 0 Å². The van der Waals surface area contributed by atoms with Crippen molar-refractivity contribution in [1.29, 1.82) is 0 Å². The van der Waals surface area contributed by atoms with E-state index in [4.69, 9.17) is 11.6 Å². The van der Waals surface area contributed by atoms with Crippen LogP contribution in [0.25, 0.3) is 0 Å². The molecular weight excluding hydrogens is 296 g/mol. The number of nitrogens with zero attached hydrogens (tertiary/aromatic N) is 1. The highest BCUT2D eigenvalue weighted by Gasteiger charge is 2.24. The van der Waals surface area contributed by atoms with E-state index in [1.165, 1.54) is 6.34 Å². The number of aliphatic imine (C=N–C) groups is 1. The fourth-order valence-electron chi connectivity index (χ4n) is 2.22. The Morgan fingerprint density at radius 1 is 1.30 bits per heavy atom. The third-order valence-corrected chi connectivity index (χ3v) is 3.50. The summed E-state index contributed by atoms with van der Waals surface area (Å²) >= 11 is 0. The minimum absolute atomic E-state index is 0.0565. The maximum absolute atomic E-state index is 12.1. The van der Waals surface area contributed by atoms with Crippen molar-refractivity contribution in [2.75, 3.05) is 6.54 Å². The van der Waals surface area contributed by atoms with E-state index in [-0.39, 0.29) is 12.2 Å². The Balaban J connectivity index is 2.47. The zero-order valence-electron chi connectivity index (χ0n) is 13.0. The minimum Gasteiger partial charge on any atom is -0.481 e. The number of ketones is 1. The molecule has 0 amide bonds. The molecule has 126 valence electrons. The normalized spacial score (nSPS) is 13.7. The second kappa shape index (κ2) is 10.5. The molecule has 7 nitrogen and oxygen atoms in total. The zero-order chi connectivity index (χ0) is 17.1. The molecule has 23 heavy (non-hydrogen) atoms. The summed E-state index contributed by atoms with van der Waals surface area (Å²) in [6.07, 6.45) is 2.74. The fourth-order valence-corrected chi connectivity index (χ4v) is 2.22. The number of hydrogen-bond donors (Lipinski definition) is 4. The molecule has 0 aliphatic rings. The van der Waals surface area contributed by atoms with E-state index in [9.17, 15) is 14.7 Å². The molecule has 1 aromatic rings. The minimum atomic E-state index is -0.979. The first-order valence-corrected chi connectivity index (χ1v) is 7.54. The fraction of sp³-hybridized carbons (Fsp3) is 0.438. The molecule has 0 aliphatic heterocycles. The number of carbonyl (C=O) groups is 2. The quantitative estimate of drug-likeness (QED) is 0.154. The third kappa shape index (κ3) is 7.53. The van der Waals surface area contributed by atoms with Crippen LogP contribution in [0.3, 0.4) is 0 Å². The maximum Gasteiger partial charge on any atom is 0.307 e. The Bertz CT molecular complexity index is 519. The van der Waals surface area contributed by atoms with E-state index in [2.05, 4.69) is 10.4 Å². The van der Waals surface area contributed by atoms with Crippen LogP contribution >= 0.6 is 0 Å². The molecule has 0 heterocycles. The van der Waals surface area contributed by atoms with Crippen molar-refractivity contribution in [2.24, 2.45) is 22.5 Å². The van der Waals surface area contributed by atoms with Crippen LogP contribution in [0, 0.1) is 5.92 Å². The van der Waals surface area contributed by atoms with Crippen LogP contribution in [0.2, 0.25) is 0 Å². The molecule has 0 unspecified atom stereocenters. The van der Waals surface area contributed by atoms with E-state index in [1.807, 2.05) is 30.3 Å². The second-order valence-corrected chi connectivity index (χ2v) is 5.35. The molecule has 0 aromatic heterocycles. The van der Waals surface area contributed by atoms with Gasteiger partial charge in [-0.25, -0.2) is 5.84 Å². The van der Waals surface area contributed by atoms with Gasteiger partial charge in [0.1, 0.15) is 5.78 Å². The summed E-state index contributed by atoms with van der Waals surface area (Å²) in [6.45, 7) is 0.511. The van der Waals surface area contributed by atoms with Crippen LogP contribution in [-0.4, -0.2) is 35.8 Å². The number of nitrogens with two attached hydrogens (primary N) is 2. The van der Waals surface area contributed by atoms with Crippen molar-refractivity contribution in [3.8, 4) is 0 Å². The largest absolute Gasteiger partial charge is 0.481 e. The van der Waals surface area contributed by atoms with Gasteiger partial charge in [0.2, 0.25) is 0 Å². The summed E-state index contributed by atoms with van der Waals surface area (Å²) in [5, 5.41) is 9.31. The summed E-state index contributed by atoms with van der Waals surface area (Å²) in [6, 6.07) is 8.60. The number of carboxylic acids is 1. The van der Waals surface area contributed by atoms with Gasteiger partial charge in [-0.15, -0.1) is 0 Å². The Labute approximate surface area is 135 Å². The van der Waals surface area contributed by atoms with Gasteiger partial charge in [0.15, 0.2) is 0 Å². The summed E-state index contributed by atoms with van der Waals surface area (Å²) in [5.74, 6) is 3.07. The lowest BCUT2D eigenvalue weighted by molar-refractivity contribution is -0.143. The third-order valence-electron chi connectivity index (χ3n) is 3.50. The van der Waals surface area contributed by atoms with E-state index in [1.54, 1.807) is 0 Å². The Hall–Kier alpha value is -2.25. The lowest BCUT2D eigenvalue weighted by atomic mass is 9.91. The summed E-state index contributed by atoms with van der Waals surface area (Å²) in [4.78, 5) is 27.4. The number of carboxylic acid groups (broad SMARTS) is 1. The van der Waals surface area contributed by atoms with Gasteiger partial charge in [-0.2, -0.15) is 0 Å². The number of benzene rings is 1. The van der Waals surface area contributed by atoms with E-state index < -0.39 is 17.9 Å². The van der Waals surface area contributed by atoms with Crippen LogP contribution in [0.15, 0.2) is 35.3 Å². The Morgan fingerprint density at radius 3 is 2.61 bits per heavy atom. The molecule has 0 bridgehead atoms. The highest BCUT2D eigenvalue weighted by molar-refractivity contribution is 5.87. The monoisotopic (exact) mass is 320 g/mol. The van der Waals surface area contributed by atoms with Gasteiger partial charge < -0.3 is 16.3 Å². The van der Waals surface area contributed by atoms with Crippen molar-refractivity contribution in [1.82, 2.24) is 5.43 Å². The van der Waals surface area contributed by atoms with E-state index in [0.717, 1.165) is 5.56 Å². The van der Waals surface area contributed by atoms with Gasteiger partial charge >= 0.3 is 5.97 Å². The van der Waals surface area contributed by atoms with E-state index in [0.29, 0.717) is 25.8 Å². The summed E-state index contributed by atoms with van der Waals surface area (Å²) in [5.41, 5.74) is 9.02. The maximum atomic E-state index is 12.1. The molecule has 0 saturated carbocycles. The highest BCUT2D eigenvalue weighted by atomic mass is 16.4. The van der Waals surface area contributed by atoms with Gasteiger partial charge in [-0.1, -0.05) is 30.3 Å². The molecule has 0 saturated heterocycles. The number of nitrogens with one attached hydrogen (secondary N) is 1. The van der Waals surface area contributed by atoms with Gasteiger partial charge in [0, 0.05) is 13.0 Å². The van der Waals surface area contributed by atoms with Gasteiger partial charge in [0.05, 0.1) is 18.3 Å². The van der Waals surface area contributed by atoms with Crippen molar-refractivity contribution >= 4 is 18.1 Å². The molecule has 7 heteroatoms. The van der Waals surface area contributed by atoms with Crippen molar-refractivity contribution < 1.29 is 14.7 Å². The standard InChI is InChI=1S/C16H24N4O3/c17-14(7-4-8-19-11-20-18)15(21)10-13(16(22)23)9-12-5-2-1-3-6-12/h1-3,5-6,11,13-14H,4,7-10,17-18H2,(H,19,20)(H,22,23)/t13-,14+/m1/s1. The van der Waals surface area contributed by atoms with Crippen molar-refractivity contribution in [3.63, 3.8) is 0 Å². The Morgan fingerprint density at radius 2 is 2.00 bits per heavy atom. The molecule has 0 radical (unpaired) electrons. The average Bonchev–Trinajstić information content (AvgIpc) is 2.54. The topological polar surface area (TPSA) is 131 Å². The first kappa shape index (κ1) is 18.8. The van der Waals surface area contributed by atoms with Gasteiger partial charge in [-0.3, -0.25) is 14.6 Å². The first-order valence-electron chi connectivity index (χ1n) is 7.54. The smallest absolute Gasteiger partial charge is 0.307 e. The predicted octanol–water partition coefficient (Wildman–Crippen LogP) is 0.488. The summed E-state index contributed by atoms with van der Waals surface area (Å²) in [7, 11) is 0. The SMILES string of the molecule is NNC=NCCC[C@H](N)C(=O)C[C@@H](Cc1ccccc1)C(=O)O. The Kier molecular flexibility index (Phi) is 8.56. The van der Waals surface area contributed by atoms with Crippen molar-refractivity contribution in [2.45, 2.75) is 31.7 Å². The molecule has 0 aliphatic carbocycles. The molecule has 1 aromatic carbocycles. The molecule has 2 atom stereocenters. The van der Waals surface area contributed by atoms with Gasteiger partial charge in [-0.05, 0) is 24.8 Å². The van der Waals surface area contributed by atoms with Crippen molar-refractivity contribution in [3.05, 3.63) is 35.9 Å². The highest BCUT2D eigenvalue weighted by Crippen LogP contribution is 2.15. The molecular formula is C16H24N4O3. The lowest BCUT2D eigenvalue weighted by Gasteiger charge is -2.15. The predicted molar refractivity (Wildman–Crippen MR) is 88.8 cm³/mol. The average molecular weight is 320 g/mol. The number of rotatable bonds is 11. The van der Waals surface area contributed by atoms with Crippen LogP contribution in [-0.2, 0) is 16.0 Å². The van der Waals surface area contributed by atoms with Crippen LogP contribution in [0.5, 0.6) is 0 Å². The second-order valence-electron chi connectivity index (χ2n) is 5.35. The summed E-state index contributed by atoms with van der Waals surface area (Å²) < 4.78 is 0. The molecule has 0 spiro atoms. The number of carbonyl (C=O) groups excluding carboxylic acids is 1. The molecule has 6 N–H and O–H groups in total. The molecule has 1 rings (SSSR count).